The van der Waals surface area contributed by atoms with E-state index in [1.165, 1.54) is 11.8 Å². The van der Waals surface area contributed by atoms with E-state index in [4.69, 9.17) is 33.4 Å². The number of aliphatic hydroxyl groups is 2. The summed E-state index contributed by atoms with van der Waals surface area (Å²) in [6, 6.07) is 5.34. The second kappa shape index (κ2) is 6.61. The lowest BCUT2D eigenvalue weighted by atomic mass is 10.2. The first-order chi connectivity index (χ1) is 7.13. The SMILES string of the molecule is OCC(O)CSCc1ccc(Cl)cc1Cl. The van der Waals surface area contributed by atoms with E-state index >= 15 is 0 Å². The first-order valence-corrected chi connectivity index (χ1v) is 6.35. The summed E-state index contributed by atoms with van der Waals surface area (Å²) >= 11 is 13.3. The molecule has 0 spiro atoms. The van der Waals surface area contributed by atoms with Crippen molar-refractivity contribution in [2.75, 3.05) is 12.4 Å². The van der Waals surface area contributed by atoms with Crippen molar-refractivity contribution in [3.05, 3.63) is 33.8 Å². The van der Waals surface area contributed by atoms with Gasteiger partial charge >= 0.3 is 0 Å². The standard InChI is InChI=1S/C10H12Cl2O2S/c11-8-2-1-7(10(12)3-8)5-15-6-9(14)4-13/h1-3,9,13-14H,4-6H2. The molecule has 2 nitrogen and oxygen atoms in total. The Balaban J connectivity index is 2.44. The molecule has 0 aliphatic carbocycles. The van der Waals surface area contributed by atoms with Gasteiger partial charge < -0.3 is 10.2 Å². The van der Waals surface area contributed by atoms with E-state index in [1.54, 1.807) is 12.1 Å². The molecule has 0 amide bonds. The second-order valence-corrected chi connectivity index (χ2v) is 4.96. The summed E-state index contributed by atoms with van der Waals surface area (Å²) in [4.78, 5) is 0. The molecule has 5 heteroatoms. The predicted octanol–water partition coefficient (Wildman–Crippen LogP) is 2.58. The van der Waals surface area contributed by atoms with Gasteiger partial charge in [-0.15, -0.1) is 0 Å². The van der Waals surface area contributed by atoms with Gasteiger partial charge in [0.25, 0.3) is 0 Å². The van der Waals surface area contributed by atoms with Gasteiger partial charge in [-0.3, -0.25) is 0 Å². The average Bonchev–Trinajstić information content (AvgIpc) is 2.21. The summed E-state index contributed by atoms with van der Waals surface area (Å²) in [5, 5.41) is 19.0. The number of hydrogen-bond donors (Lipinski definition) is 2. The first-order valence-electron chi connectivity index (χ1n) is 4.44. The number of hydrogen-bond acceptors (Lipinski definition) is 3. The van der Waals surface area contributed by atoms with E-state index in [0.717, 1.165) is 5.56 Å². The van der Waals surface area contributed by atoms with Crippen molar-refractivity contribution in [2.45, 2.75) is 11.9 Å². The largest absolute Gasteiger partial charge is 0.394 e. The Morgan fingerprint density at radius 2 is 2.07 bits per heavy atom. The normalized spacial score (nSPS) is 12.8. The molecular weight excluding hydrogens is 255 g/mol. The molecule has 0 saturated carbocycles. The Kier molecular flexibility index (Phi) is 5.79. The van der Waals surface area contributed by atoms with Gasteiger partial charge in [0, 0.05) is 21.6 Å². The van der Waals surface area contributed by atoms with E-state index in [2.05, 4.69) is 0 Å². The smallest absolute Gasteiger partial charge is 0.0861 e. The van der Waals surface area contributed by atoms with Gasteiger partial charge in [-0.25, -0.2) is 0 Å². The maximum atomic E-state index is 9.12. The summed E-state index contributed by atoms with van der Waals surface area (Å²) in [6.07, 6.45) is -0.666. The average molecular weight is 267 g/mol. The van der Waals surface area contributed by atoms with Gasteiger partial charge in [0.1, 0.15) is 0 Å². The van der Waals surface area contributed by atoms with E-state index in [9.17, 15) is 0 Å². The topological polar surface area (TPSA) is 40.5 Å². The van der Waals surface area contributed by atoms with Gasteiger partial charge in [-0.05, 0) is 17.7 Å². The van der Waals surface area contributed by atoms with Crippen molar-refractivity contribution in [3.63, 3.8) is 0 Å². The fourth-order valence-electron chi connectivity index (χ4n) is 0.996. The molecule has 0 heterocycles. The lowest BCUT2D eigenvalue weighted by molar-refractivity contribution is 0.113. The fourth-order valence-corrected chi connectivity index (χ4v) is 2.52. The summed E-state index contributed by atoms with van der Waals surface area (Å²) in [5.74, 6) is 1.20. The van der Waals surface area contributed by atoms with Gasteiger partial charge in [0.2, 0.25) is 0 Å². The molecule has 15 heavy (non-hydrogen) atoms. The van der Waals surface area contributed by atoms with Crippen LogP contribution in [0.25, 0.3) is 0 Å². The van der Waals surface area contributed by atoms with Crippen LogP contribution < -0.4 is 0 Å². The molecule has 1 aromatic rings. The number of benzene rings is 1. The summed E-state index contributed by atoms with van der Waals surface area (Å²) in [5.41, 5.74) is 0.983. The molecule has 1 atom stereocenters. The highest BCUT2D eigenvalue weighted by Crippen LogP contribution is 2.24. The molecule has 0 saturated heterocycles. The molecule has 2 N–H and O–H groups in total. The Morgan fingerprint density at radius 1 is 1.33 bits per heavy atom. The molecule has 1 rings (SSSR count). The Hall–Kier alpha value is 0.0700. The first kappa shape index (κ1) is 13.1. The molecule has 1 aromatic carbocycles. The van der Waals surface area contributed by atoms with Crippen molar-refractivity contribution in [3.8, 4) is 0 Å². The number of aliphatic hydroxyl groups excluding tert-OH is 2. The molecular formula is C10H12Cl2O2S. The molecule has 0 aliphatic rings. The van der Waals surface area contributed by atoms with E-state index in [1.807, 2.05) is 6.07 Å². The number of rotatable bonds is 5. The molecule has 0 aromatic heterocycles. The lowest BCUT2D eigenvalue weighted by Gasteiger charge is -2.07. The Labute approximate surface area is 103 Å². The Morgan fingerprint density at radius 3 is 2.67 bits per heavy atom. The minimum atomic E-state index is -0.666. The van der Waals surface area contributed by atoms with Crippen molar-refractivity contribution in [2.24, 2.45) is 0 Å². The predicted molar refractivity (Wildman–Crippen MR) is 65.7 cm³/mol. The van der Waals surface area contributed by atoms with Crippen LogP contribution in [0.3, 0.4) is 0 Å². The third-order valence-corrected chi connectivity index (χ3v) is 3.52. The van der Waals surface area contributed by atoms with Crippen molar-refractivity contribution in [1.29, 1.82) is 0 Å². The van der Waals surface area contributed by atoms with E-state index < -0.39 is 6.10 Å². The fraction of sp³-hybridized carbons (Fsp3) is 0.400. The zero-order valence-electron chi connectivity index (χ0n) is 7.99. The third kappa shape index (κ3) is 4.62. The van der Waals surface area contributed by atoms with Crippen LogP contribution >= 0.6 is 35.0 Å². The number of halogens is 2. The van der Waals surface area contributed by atoms with Gasteiger partial charge in [-0.1, -0.05) is 29.3 Å². The zero-order valence-corrected chi connectivity index (χ0v) is 10.3. The van der Waals surface area contributed by atoms with Crippen LogP contribution in [0.2, 0.25) is 10.0 Å². The van der Waals surface area contributed by atoms with E-state index in [0.29, 0.717) is 21.6 Å². The lowest BCUT2D eigenvalue weighted by Crippen LogP contribution is -2.14. The van der Waals surface area contributed by atoms with Crippen LogP contribution in [0.1, 0.15) is 5.56 Å². The molecule has 0 radical (unpaired) electrons. The van der Waals surface area contributed by atoms with E-state index in [-0.39, 0.29) is 6.61 Å². The maximum Gasteiger partial charge on any atom is 0.0861 e. The molecule has 1 unspecified atom stereocenters. The minimum absolute atomic E-state index is 0.207. The van der Waals surface area contributed by atoms with Crippen LogP contribution in [-0.4, -0.2) is 28.7 Å². The summed E-state index contributed by atoms with van der Waals surface area (Å²) in [7, 11) is 0. The van der Waals surface area contributed by atoms with Crippen molar-refractivity contribution in [1.82, 2.24) is 0 Å². The highest BCUT2D eigenvalue weighted by atomic mass is 35.5. The minimum Gasteiger partial charge on any atom is -0.394 e. The molecule has 0 bridgehead atoms. The second-order valence-electron chi connectivity index (χ2n) is 3.09. The molecule has 0 aliphatic heterocycles. The Bertz CT molecular complexity index is 320. The number of thioether (sulfide) groups is 1. The quantitative estimate of drug-likeness (QED) is 0.861. The molecule has 84 valence electrons. The maximum absolute atomic E-state index is 9.12. The van der Waals surface area contributed by atoms with Crippen LogP contribution in [0, 0.1) is 0 Å². The van der Waals surface area contributed by atoms with Gasteiger partial charge in [-0.2, -0.15) is 11.8 Å². The van der Waals surface area contributed by atoms with Crippen LogP contribution in [-0.2, 0) is 5.75 Å². The van der Waals surface area contributed by atoms with Gasteiger partial charge in [0.15, 0.2) is 0 Å². The summed E-state index contributed by atoms with van der Waals surface area (Å²) in [6.45, 7) is -0.207. The van der Waals surface area contributed by atoms with Crippen molar-refractivity contribution < 1.29 is 10.2 Å². The van der Waals surface area contributed by atoms with Crippen LogP contribution in [0.15, 0.2) is 18.2 Å². The highest BCUT2D eigenvalue weighted by molar-refractivity contribution is 7.98. The monoisotopic (exact) mass is 266 g/mol. The molecule has 0 fully saturated rings. The summed E-state index contributed by atoms with van der Waals surface area (Å²) < 4.78 is 0. The van der Waals surface area contributed by atoms with Crippen LogP contribution in [0.5, 0.6) is 0 Å². The van der Waals surface area contributed by atoms with Crippen molar-refractivity contribution >= 4 is 35.0 Å². The van der Waals surface area contributed by atoms with Gasteiger partial charge in [0.05, 0.1) is 12.7 Å². The third-order valence-electron chi connectivity index (χ3n) is 1.79. The van der Waals surface area contributed by atoms with Crippen LogP contribution in [0.4, 0.5) is 0 Å². The highest BCUT2D eigenvalue weighted by Gasteiger charge is 2.04. The zero-order chi connectivity index (χ0) is 11.3.